The summed E-state index contributed by atoms with van der Waals surface area (Å²) >= 11 is 0. The van der Waals surface area contributed by atoms with Crippen LogP contribution in [0.2, 0.25) is 0 Å². The van der Waals surface area contributed by atoms with Gasteiger partial charge in [-0.05, 0) is 54.0 Å². The summed E-state index contributed by atoms with van der Waals surface area (Å²) in [5, 5.41) is 12.2. The Labute approximate surface area is 170 Å². The number of ether oxygens (including phenoxy) is 2. The number of carbonyl (C=O) groups excluding carboxylic acids is 1. The van der Waals surface area contributed by atoms with Crippen LogP contribution in [0.1, 0.15) is 42.0 Å². The first-order valence-electron chi connectivity index (χ1n) is 9.80. The third-order valence-electron chi connectivity index (χ3n) is 5.45. The van der Waals surface area contributed by atoms with E-state index < -0.39 is 12.0 Å². The first kappa shape index (κ1) is 20.7. The van der Waals surface area contributed by atoms with Crippen molar-refractivity contribution in [2.75, 3.05) is 14.2 Å². The summed E-state index contributed by atoms with van der Waals surface area (Å²) < 4.78 is 10.5. The lowest BCUT2D eigenvalue weighted by molar-refractivity contribution is -0.137. The number of carbonyl (C=O) groups is 2. The number of fused-ring (bicyclic) bond motifs is 1. The van der Waals surface area contributed by atoms with Gasteiger partial charge in [-0.1, -0.05) is 30.3 Å². The fourth-order valence-corrected chi connectivity index (χ4v) is 3.96. The summed E-state index contributed by atoms with van der Waals surface area (Å²) in [6.07, 6.45) is 3.00. The van der Waals surface area contributed by atoms with Gasteiger partial charge in [0, 0.05) is 6.42 Å². The molecule has 0 saturated heterocycles. The van der Waals surface area contributed by atoms with Gasteiger partial charge < -0.3 is 19.9 Å². The van der Waals surface area contributed by atoms with Gasteiger partial charge in [0.2, 0.25) is 5.91 Å². The number of rotatable bonds is 8. The normalized spacial score (nSPS) is 16.4. The third kappa shape index (κ3) is 5.28. The second-order valence-corrected chi connectivity index (χ2v) is 7.41. The summed E-state index contributed by atoms with van der Waals surface area (Å²) in [5.74, 6) is 0.212. The molecule has 154 valence electrons. The van der Waals surface area contributed by atoms with E-state index in [0.717, 1.165) is 19.3 Å². The van der Waals surface area contributed by atoms with Crippen LogP contribution in [-0.2, 0) is 22.4 Å². The van der Waals surface area contributed by atoms with Gasteiger partial charge in [-0.25, -0.2) is 0 Å². The van der Waals surface area contributed by atoms with E-state index in [1.807, 2.05) is 12.1 Å². The second-order valence-electron chi connectivity index (χ2n) is 7.41. The molecule has 0 heterocycles. The average molecular weight is 397 g/mol. The lowest BCUT2D eigenvalue weighted by Gasteiger charge is -2.25. The van der Waals surface area contributed by atoms with Gasteiger partial charge in [0.05, 0.1) is 26.7 Å². The Morgan fingerprint density at radius 2 is 1.83 bits per heavy atom. The van der Waals surface area contributed by atoms with Crippen LogP contribution in [0, 0.1) is 5.92 Å². The van der Waals surface area contributed by atoms with Gasteiger partial charge in [0.25, 0.3) is 0 Å². The molecule has 0 saturated carbocycles. The van der Waals surface area contributed by atoms with Crippen LogP contribution in [0.4, 0.5) is 0 Å². The minimum Gasteiger partial charge on any atom is -0.493 e. The van der Waals surface area contributed by atoms with Gasteiger partial charge in [-0.2, -0.15) is 0 Å². The van der Waals surface area contributed by atoms with Crippen molar-refractivity contribution in [1.29, 1.82) is 0 Å². The molecule has 2 aromatic carbocycles. The molecule has 0 bridgehead atoms. The highest BCUT2D eigenvalue weighted by atomic mass is 16.5. The molecular formula is C23H27NO5. The topological polar surface area (TPSA) is 84.9 Å². The number of aryl methyl sites for hydroxylation is 1. The molecule has 3 rings (SSSR count). The van der Waals surface area contributed by atoms with Crippen LogP contribution in [0.15, 0.2) is 42.5 Å². The molecule has 2 N–H and O–H groups in total. The van der Waals surface area contributed by atoms with Gasteiger partial charge in [-0.3, -0.25) is 9.59 Å². The number of hydrogen-bond donors (Lipinski definition) is 2. The molecule has 1 aliphatic carbocycles. The Morgan fingerprint density at radius 1 is 1.10 bits per heavy atom. The van der Waals surface area contributed by atoms with E-state index in [1.54, 1.807) is 18.2 Å². The van der Waals surface area contributed by atoms with E-state index in [9.17, 15) is 14.7 Å². The van der Waals surface area contributed by atoms with Crippen molar-refractivity contribution in [2.24, 2.45) is 5.92 Å². The molecule has 0 spiro atoms. The Kier molecular flexibility index (Phi) is 6.75. The van der Waals surface area contributed by atoms with Crippen molar-refractivity contribution < 1.29 is 24.2 Å². The standard InChI is InChI=1S/C23H27NO5/c1-28-20-10-9-18(13-21(20)29-2)19(14-23(26)27)24-22(25)12-15-7-8-16-5-3-4-6-17(16)11-15/h3-6,9-10,13,15,19H,7-8,11-12,14H2,1-2H3,(H,24,25)(H,26,27). The van der Waals surface area contributed by atoms with Crippen LogP contribution in [0.5, 0.6) is 11.5 Å². The van der Waals surface area contributed by atoms with Crippen molar-refractivity contribution in [3.63, 3.8) is 0 Å². The summed E-state index contributed by atoms with van der Waals surface area (Å²) in [6, 6.07) is 12.9. The molecule has 1 amide bonds. The highest BCUT2D eigenvalue weighted by Gasteiger charge is 2.24. The van der Waals surface area contributed by atoms with Gasteiger partial charge in [0.1, 0.15) is 0 Å². The fourth-order valence-electron chi connectivity index (χ4n) is 3.96. The zero-order valence-corrected chi connectivity index (χ0v) is 16.8. The number of benzene rings is 2. The van der Waals surface area contributed by atoms with Crippen LogP contribution >= 0.6 is 0 Å². The zero-order valence-electron chi connectivity index (χ0n) is 16.8. The molecule has 0 fully saturated rings. The molecular weight excluding hydrogens is 370 g/mol. The van der Waals surface area contributed by atoms with Crippen molar-refractivity contribution in [3.05, 3.63) is 59.2 Å². The number of methoxy groups -OCH3 is 2. The molecule has 29 heavy (non-hydrogen) atoms. The van der Waals surface area contributed by atoms with Crippen molar-refractivity contribution in [1.82, 2.24) is 5.32 Å². The van der Waals surface area contributed by atoms with Crippen LogP contribution < -0.4 is 14.8 Å². The van der Waals surface area contributed by atoms with E-state index in [0.29, 0.717) is 23.5 Å². The molecule has 6 heteroatoms. The first-order chi connectivity index (χ1) is 14.0. The summed E-state index contributed by atoms with van der Waals surface area (Å²) in [5.41, 5.74) is 3.34. The quantitative estimate of drug-likeness (QED) is 0.712. The second kappa shape index (κ2) is 9.45. The van der Waals surface area contributed by atoms with Crippen LogP contribution in [0.25, 0.3) is 0 Å². The zero-order chi connectivity index (χ0) is 20.8. The van der Waals surface area contributed by atoms with Crippen molar-refractivity contribution in [2.45, 2.75) is 38.1 Å². The molecule has 6 nitrogen and oxygen atoms in total. The van der Waals surface area contributed by atoms with Crippen molar-refractivity contribution >= 4 is 11.9 Å². The number of nitrogens with one attached hydrogen (secondary N) is 1. The number of carboxylic acid groups (broad SMARTS) is 1. The maximum atomic E-state index is 12.7. The fraction of sp³-hybridized carbons (Fsp3) is 0.391. The van der Waals surface area contributed by atoms with E-state index in [-0.39, 0.29) is 18.2 Å². The van der Waals surface area contributed by atoms with Crippen LogP contribution in [-0.4, -0.2) is 31.2 Å². The average Bonchev–Trinajstić information content (AvgIpc) is 2.72. The Balaban J connectivity index is 1.69. The smallest absolute Gasteiger partial charge is 0.305 e. The van der Waals surface area contributed by atoms with Crippen LogP contribution in [0.3, 0.4) is 0 Å². The van der Waals surface area contributed by atoms with E-state index in [4.69, 9.17) is 9.47 Å². The maximum absolute atomic E-state index is 12.7. The summed E-state index contributed by atoms with van der Waals surface area (Å²) in [7, 11) is 3.06. The minimum absolute atomic E-state index is 0.129. The Morgan fingerprint density at radius 3 is 2.52 bits per heavy atom. The summed E-state index contributed by atoms with van der Waals surface area (Å²) in [6.45, 7) is 0. The lowest BCUT2D eigenvalue weighted by atomic mass is 9.82. The SMILES string of the molecule is COc1ccc(C(CC(=O)O)NC(=O)CC2CCc3ccccc3C2)cc1OC. The molecule has 2 atom stereocenters. The molecule has 0 radical (unpaired) electrons. The van der Waals surface area contributed by atoms with Gasteiger partial charge in [0.15, 0.2) is 11.5 Å². The van der Waals surface area contributed by atoms with E-state index in [1.165, 1.54) is 25.3 Å². The largest absolute Gasteiger partial charge is 0.493 e. The molecule has 2 aromatic rings. The highest BCUT2D eigenvalue weighted by Crippen LogP contribution is 2.32. The van der Waals surface area contributed by atoms with E-state index >= 15 is 0 Å². The first-order valence-corrected chi connectivity index (χ1v) is 9.80. The molecule has 0 aromatic heterocycles. The Hall–Kier alpha value is -3.02. The molecule has 2 unspecified atom stereocenters. The Bertz CT molecular complexity index is 879. The predicted octanol–water partition coefficient (Wildman–Crippen LogP) is 3.53. The number of aliphatic carboxylic acids is 1. The maximum Gasteiger partial charge on any atom is 0.305 e. The van der Waals surface area contributed by atoms with E-state index in [2.05, 4.69) is 17.4 Å². The summed E-state index contributed by atoms with van der Waals surface area (Å²) in [4.78, 5) is 24.1. The van der Waals surface area contributed by atoms with Crippen molar-refractivity contribution in [3.8, 4) is 11.5 Å². The lowest BCUT2D eigenvalue weighted by Crippen LogP contribution is -2.32. The predicted molar refractivity (Wildman–Crippen MR) is 109 cm³/mol. The monoisotopic (exact) mass is 397 g/mol. The third-order valence-corrected chi connectivity index (χ3v) is 5.45. The van der Waals surface area contributed by atoms with Gasteiger partial charge in [-0.15, -0.1) is 0 Å². The number of amides is 1. The highest BCUT2D eigenvalue weighted by molar-refractivity contribution is 5.78. The molecule has 0 aliphatic heterocycles. The minimum atomic E-state index is -0.975. The number of carboxylic acids is 1. The number of hydrogen-bond acceptors (Lipinski definition) is 4. The molecule has 1 aliphatic rings. The van der Waals surface area contributed by atoms with Gasteiger partial charge >= 0.3 is 5.97 Å².